The molecule has 0 aromatic heterocycles. The molecule has 25 heavy (non-hydrogen) atoms. The van der Waals surface area contributed by atoms with Crippen molar-refractivity contribution in [3.05, 3.63) is 60.2 Å². The van der Waals surface area contributed by atoms with Gasteiger partial charge < -0.3 is 15.5 Å². The van der Waals surface area contributed by atoms with E-state index in [0.717, 1.165) is 12.1 Å². The molecule has 0 unspecified atom stereocenters. The van der Waals surface area contributed by atoms with Gasteiger partial charge in [0.05, 0.1) is 0 Å². The Bertz CT molecular complexity index is 761. The maximum Gasteiger partial charge on any atom is 0.319 e. The fraction of sp³-hybridized carbons (Fsp3) is 0.300. The third-order valence-electron chi connectivity index (χ3n) is 4.64. The third-order valence-corrected chi connectivity index (χ3v) is 4.64. The summed E-state index contributed by atoms with van der Waals surface area (Å²) in [5, 5.41) is 5.76. The van der Waals surface area contributed by atoms with Crippen molar-refractivity contribution in [2.45, 2.75) is 19.3 Å². The molecule has 5 nitrogen and oxygen atoms in total. The number of hydrogen-bond acceptors (Lipinski definition) is 2. The highest BCUT2D eigenvalue weighted by Gasteiger charge is 2.37. The SMILES string of the molecule is CC(=O)N(C)c1cccc(NC(=O)NC[C@H]2C[C@@H]2c2ccccc2)c1. The first kappa shape index (κ1) is 17.0. The summed E-state index contributed by atoms with van der Waals surface area (Å²) >= 11 is 0. The van der Waals surface area contributed by atoms with Crippen LogP contribution in [-0.4, -0.2) is 25.5 Å². The molecule has 130 valence electrons. The number of nitrogens with zero attached hydrogens (tertiary/aromatic N) is 1. The highest BCUT2D eigenvalue weighted by molar-refractivity contribution is 5.93. The highest BCUT2D eigenvalue weighted by Crippen LogP contribution is 2.46. The first-order valence-corrected chi connectivity index (χ1v) is 8.49. The van der Waals surface area contributed by atoms with Crippen LogP contribution < -0.4 is 15.5 Å². The van der Waals surface area contributed by atoms with Crippen molar-refractivity contribution in [3.8, 4) is 0 Å². The molecule has 0 aliphatic heterocycles. The molecule has 1 aliphatic carbocycles. The number of rotatable bonds is 5. The summed E-state index contributed by atoms with van der Waals surface area (Å²) in [5.74, 6) is 1.000. The molecule has 1 aliphatic rings. The third kappa shape index (κ3) is 4.38. The van der Waals surface area contributed by atoms with Crippen LogP contribution in [0.4, 0.5) is 16.2 Å². The molecular weight excluding hydrogens is 314 g/mol. The Kier molecular flexibility index (Phi) is 5.03. The van der Waals surface area contributed by atoms with E-state index in [1.165, 1.54) is 17.4 Å². The molecule has 1 saturated carbocycles. The normalized spacial score (nSPS) is 18.3. The van der Waals surface area contributed by atoms with Crippen molar-refractivity contribution in [2.75, 3.05) is 23.8 Å². The minimum absolute atomic E-state index is 0.0534. The van der Waals surface area contributed by atoms with Crippen molar-refractivity contribution in [1.29, 1.82) is 0 Å². The Labute approximate surface area is 148 Å². The van der Waals surface area contributed by atoms with E-state index in [-0.39, 0.29) is 11.9 Å². The zero-order chi connectivity index (χ0) is 17.8. The predicted octanol–water partition coefficient (Wildman–Crippen LogP) is 3.59. The summed E-state index contributed by atoms with van der Waals surface area (Å²) in [4.78, 5) is 25.1. The van der Waals surface area contributed by atoms with Crippen LogP contribution in [0.2, 0.25) is 0 Å². The summed E-state index contributed by atoms with van der Waals surface area (Å²) < 4.78 is 0. The monoisotopic (exact) mass is 337 g/mol. The molecule has 2 atom stereocenters. The minimum Gasteiger partial charge on any atom is -0.338 e. The second-order valence-electron chi connectivity index (χ2n) is 6.48. The van der Waals surface area contributed by atoms with Crippen LogP contribution >= 0.6 is 0 Å². The van der Waals surface area contributed by atoms with E-state index in [0.29, 0.717) is 24.1 Å². The Morgan fingerprint density at radius 2 is 1.88 bits per heavy atom. The van der Waals surface area contributed by atoms with Crippen LogP contribution in [0, 0.1) is 5.92 Å². The summed E-state index contributed by atoms with van der Waals surface area (Å²) in [5.41, 5.74) is 2.75. The van der Waals surface area contributed by atoms with E-state index < -0.39 is 0 Å². The van der Waals surface area contributed by atoms with Gasteiger partial charge in [-0.2, -0.15) is 0 Å². The van der Waals surface area contributed by atoms with Crippen LogP contribution in [0.5, 0.6) is 0 Å². The number of nitrogens with one attached hydrogen (secondary N) is 2. The Morgan fingerprint density at radius 1 is 1.12 bits per heavy atom. The van der Waals surface area contributed by atoms with Crippen molar-refractivity contribution in [3.63, 3.8) is 0 Å². The standard InChI is InChI=1S/C20H23N3O2/c1-14(24)23(2)18-10-6-9-17(12-18)22-20(25)21-13-16-11-19(16)15-7-4-3-5-8-15/h3-10,12,16,19H,11,13H2,1-2H3,(H2,21,22,25)/t16-,19-/m1/s1. The van der Waals surface area contributed by atoms with Crippen molar-refractivity contribution >= 4 is 23.3 Å². The number of carbonyl (C=O) groups is 2. The number of anilines is 2. The van der Waals surface area contributed by atoms with Crippen LogP contribution in [0.25, 0.3) is 0 Å². The van der Waals surface area contributed by atoms with Crippen LogP contribution in [0.15, 0.2) is 54.6 Å². The number of hydrogen-bond donors (Lipinski definition) is 2. The van der Waals surface area contributed by atoms with E-state index in [4.69, 9.17) is 0 Å². The molecule has 5 heteroatoms. The van der Waals surface area contributed by atoms with E-state index in [2.05, 4.69) is 34.9 Å². The molecule has 3 amide bonds. The lowest BCUT2D eigenvalue weighted by Crippen LogP contribution is -2.30. The molecule has 0 radical (unpaired) electrons. The molecule has 2 N–H and O–H groups in total. The number of benzene rings is 2. The smallest absolute Gasteiger partial charge is 0.319 e. The molecule has 2 aromatic carbocycles. The Balaban J connectivity index is 1.49. The van der Waals surface area contributed by atoms with Gasteiger partial charge in [-0.25, -0.2) is 4.79 Å². The fourth-order valence-corrected chi connectivity index (χ4v) is 2.95. The maximum absolute atomic E-state index is 12.1. The van der Waals surface area contributed by atoms with Gasteiger partial charge in [0, 0.05) is 31.9 Å². The lowest BCUT2D eigenvalue weighted by molar-refractivity contribution is -0.116. The van der Waals surface area contributed by atoms with Gasteiger partial charge in [-0.1, -0.05) is 36.4 Å². The molecule has 0 spiro atoms. The van der Waals surface area contributed by atoms with Crippen molar-refractivity contribution in [2.24, 2.45) is 5.92 Å². The van der Waals surface area contributed by atoms with Gasteiger partial charge in [0.2, 0.25) is 5.91 Å². The second-order valence-corrected chi connectivity index (χ2v) is 6.48. The van der Waals surface area contributed by atoms with Crippen LogP contribution in [0.3, 0.4) is 0 Å². The highest BCUT2D eigenvalue weighted by atomic mass is 16.2. The molecular formula is C20H23N3O2. The fourth-order valence-electron chi connectivity index (χ4n) is 2.95. The lowest BCUT2D eigenvalue weighted by atomic mass is 10.1. The quantitative estimate of drug-likeness (QED) is 0.876. The number of urea groups is 1. The van der Waals surface area contributed by atoms with Gasteiger partial charge in [-0.05, 0) is 42.0 Å². The average molecular weight is 337 g/mol. The van der Waals surface area contributed by atoms with Gasteiger partial charge in [-0.15, -0.1) is 0 Å². The zero-order valence-electron chi connectivity index (χ0n) is 14.5. The lowest BCUT2D eigenvalue weighted by Gasteiger charge is -2.16. The van der Waals surface area contributed by atoms with Crippen molar-refractivity contribution < 1.29 is 9.59 Å². The minimum atomic E-state index is -0.221. The van der Waals surface area contributed by atoms with Gasteiger partial charge in [0.25, 0.3) is 0 Å². The van der Waals surface area contributed by atoms with Crippen LogP contribution in [-0.2, 0) is 4.79 Å². The van der Waals surface area contributed by atoms with Gasteiger partial charge in [0.15, 0.2) is 0 Å². The van der Waals surface area contributed by atoms with Gasteiger partial charge >= 0.3 is 6.03 Å². The van der Waals surface area contributed by atoms with E-state index >= 15 is 0 Å². The first-order chi connectivity index (χ1) is 12.0. The van der Waals surface area contributed by atoms with Gasteiger partial charge in [0.1, 0.15) is 0 Å². The second kappa shape index (κ2) is 7.38. The van der Waals surface area contributed by atoms with Crippen molar-refractivity contribution in [1.82, 2.24) is 5.32 Å². The first-order valence-electron chi connectivity index (χ1n) is 8.49. The van der Waals surface area contributed by atoms with E-state index in [1.807, 2.05) is 18.2 Å². The molecule has 0 bridgehead atoms. The number of carbonyl (C=O) groups excluding carboxylic acids is 2. The number of amides is 3. The Morgan fingerprint density at radius 3 is 2.60 bits per heavy atom. The summed E-state index contributed by atoms with van der Waals surface area (Å²) in [6, 6.07) is 17.4. The molecule has 0 saturated heterocycles. The molecule has 1 fully saturated rings. The molecule has 3 rings (SSSR count). The van der Waals surface area contributed by atoms with E-state index in [9.17, 15) is 9.59 Å². The molecule has 2 aromatic rings. The summed E-state index contributed by atoms with van der Waals surface area (Å²) in [6.45, 7) is 2.17. The Hall–Kier alpha value is -2.82. The largest absolute Gasteiger partial charge is 0.338 e. The summed E-state index contributed by atoms with van der Waals surface area (Å²) in [7, 11) is 1.71. The summed E-state index contributed by atoms with van der Waals surface area (Å²) in [6.07, 6.45) is 1.11. The van der Waals surface area contributed by atoms with E-state index in [1.54, 1.807) is 19.2 Å². The molecule has 0 heterocycles. The average Bonchev–Trinajstić information content (AvgIpc) is 3.40. The zero-order valence-corrected chi connectivity index (χ0v) is 14.5. The maximum atomic E-state index is 12.1. The topological polar surface area (TPSA) is 61.4 Å². The van der Waals surface area contributed by atoms with Crippen LogP contribution in [0.1, 0.15) is 24.8 Å². The predicted molar refractivity (Wildman–Crippen MR) is 99.8 cm³/mol. The van der Waals surface area contributed by atoms with Gasteiger partial charge in [-0.3, -0.25) is 4.79 Å².